The smallest absolute Gasteiger partial charge is 0.341 e. The van der Waals surface area contributed by atoms with E-state index in [-0.39, 0.29) is 0 Å². The molecule has 0 aromatic carbocycles. The van der Waals surface area contributed by atoms with Gasteiger partial charge >= 0.3 is 5.97 Å². The predicted octanol–water partition coefficient (Wildman–Crippen LogP) is 0.833. The molecule has 0 aliphatic rings. The Balaban J connectivity index is 2.74. The topological polar surface area (TPSA) is 65.7 Å². The molecule has 6 nitrogen and oxygen atoms in total. The largest absolute Gasteiger partial charge is 0.495 e. The zero-order valence-corrected chi connectivity index (χ0v) is 9.22. The van der Waals surface area contributed by atoms with E-state index in [2.05, 4.69) is 14.9 Å². The van der Waals surface area contributed by atoms with Crippen LogP contribution in [-0.2, 0) is 4.74 Å². The van der Waals surface area contributed by atoms with Gasteiger partial charge in [-0.3, -0.25) is 4.40 Å². The molecule has 0 amide bonds. The predicted molar refractivity (Wildman–Crippen MR) is 55.6 cm³/mol. The highest BCUT2D eigenvalue weighted by Gasteiger charge is 2.16. The molecule has 2 rings (SSSR count). The number of carbonyl (C=O) groups excluding carboxylic acids is 1. The van der Waals surface area contributed by atoms with Crippen LogP contribution in [0, 0.1) is 6.92 Å². The Morgan fingerprint density at radius 1 is 1.38 bits per heavy atom. The summed E-state index contributed by atoms with van der Waals surface area (Å²) >= 11 is 0. The average molecular weight is 221 g/mol. The first-order valence-electron chi connectivity index (χ1n) is 4.65. The number of aromatic nitrogens is 3. The summed E-state index contributed by atoms with van der Waals surface area (Å²) in [7, 11) is 2.85. The van der Waals surface area contributed by atoms with Crippen LogP contribution in [0.4, 0.5) is 0 Å². The minimum Gasteiger partial charge on any atom is -0.495 e. The summed E-state index contributed by atoms with van der Waals surface area (Å²) in [5, 5.41) is 7.82. The molecule has 0 radical (unpaired) electrons. The summed E-state index contributed by atoms with van der Waals surface area (Å²) in [4.78, 5) is 11.5. The molecule has 84 valence electrons. The van der Waals surface area contributed by atoms with Gasteiger partial charge in [-0.2, -0.15) is 0 Å². The van der Waals surface area contributed by atoms with Crippen molar-refractivity contribution in [2.75, 3.05) is 14.2 Å². The van der Waals surface area contributed by atoms with E-state index < -0.39 is 5.97 Å². The first-order valence-corrected chi connectivity index (χ1v) is 4.65. The molecule has 0 saturated heterocycles. The fraction of sp³-hybridized carbons (Fsp3) is 0.300. The van der Waals surface area contributed by atoms with Gasteiger partial charge in [-0.05, 0) is 6.92 Å². The summed E-state index contributed by atoms with van der Waals surface area (Å²) in [6.45, 7) is 1.79. The molecule has 0 spiro atoms. The Hall–Kier alpha value is -2.11. The van der Waals surface area contributed by atoms with Crippen LogP contribution in [0.5, 0.6) is 5.75 Å². The van der Waals surface area contributed by atoms with E-state index in [1.54, 1.807) is 23.6 Å². The highest BCUT2D eigenvalue weighted by Crippen LogP contribution is 2.19. The highest BCUT2D eigenvalue weighted by atomic mass is 16.5. The maximum Gasteiger partial charge on any atom is 0.341 e. The number of aryl methyl sites for hydroxylation is 1. The van der Waals surface area contributed by atoms with Gasteiger partial charge in [0.15, 0.2) is 5.65 Å². The number of esters is 1. The van der Waals surface area contributed by atoms with Crippen molar-refractivity contribution in [3.63, 3.8) is 0 Å². The molecule has 16 heavy (non-hydrogen) atoms. The Labute approximate surface area is 91.8 Å². The van der Waals surface area contributed by atoms with Crippen LogP contribution >= 0.6 is 0 Å². The first-order chi connectivity index (χ1) is 7.67. The number of pyridine rings is 1. The summed E-state index contributed by atoms with van der Waals surface area (Å²) in [5.74, 6) is 0.770. The van der Waals surface area contributed by atoms with E-state index in [0.717, 1.165) is 0 Å². The maximum atomic E-state index is 11.5. The molecule has 6 heteroatoms. The van der Waals surface area contributed by atoms with Crippen molar-refractivity contribution in [2.24, 2.45) is 0 Å². The van der Waals surface area contributed by atoms with Gasteiger partial charge in [-0.25, -0.2) is 4.79 Å². The molecule has 0 bridgehead atoms. The normalized spacial score (nSPS) is 10.4. The first kappa shape index (κ1) is 10.4. The van der Waals surface area contributed by atoms with Gasteiger partial charge in [-0.15, -0.1) is 10.2 Å². The van der Waals surface area contributed by atoms with Gasteiger partial charge in [0.2, 0.25) is 0 Å². The molecule has 0 fully saturated rings. The molecule has 0 unspecified atom stereocenters. The lowest BCUT2D eigenvalue weighted by atomic mass is 10.2. The second-order valence-electron chi connectivity index (χ2n) is 3.23. The molecule has 0 N–H and O–H groups in total. The highest BCUT2D eigenvalue weighted by molar-refractivity contribution is 5.96. The zero-order chi connectivity index (χ0) is 11.7. The number of hydrogen-bond acceptors (Lipinski definition) is 5. The van der Waals surface area contributed by atoms with Crippen LogP contribution in [0.1, 0.15) is 16.2 Å². The van der Waals surface area contributed by atoms with Crippen molar-refractivity contribution in [1.82, 2.24) is 14.6 Å². The average Bonchev–Trinajstić information content (AvgIpc) is 2.69. The molecule has 2 heterocycles. The summed E-state index contributed by atoms with van der Waals surface area (Å²) in [6, 6.07) is 1.58. The van der Waals surface area contributed by atoms with Crippen LogP contribution in [0.25, 0.3) is 5.65 Å². The molecule has 2 aromatic heterocycles. The van der Waals surface area contributed by atoms with Gasteiger partial charge in [0.25, 0.3) is 0 Å². The van der Waals surface area contributed by atoms with Crippen molar-refractivity contribution in [3.05, 3.63) is 23.7 Å². The molecule has 0 atom stereocenters. The van der Waals surface area contributed by atoms with E-state index in [4.69, 9.17) is 4.74 Å². The lowest BCUT2D eigenvalue weighted by molar-refractivity contribution is 0.0602. The second kappa shape index (κ2) is 3.80. The van der Waals surface area contributed by atoms with Crippen LogP contribution < -0.4 is 4.74 Å². The standard InChI is InChI=1S/C10H11N3O3/c1-6-11-12-9-8(10(14)16-3)4-7(15-2)5-13(6)9/h4-5H,1-3H3. The van der Waals surface area contributed by atoms with Crippen molar-refractivity contribution < 1.29 is 14.3 Å². The van der Waals surface area contributed by atoms with Crippen LogP contribution in [0.3, 0.4) is 0 Å². The third-order valence-corrected chi connectivity index (χ3v) is 2.29. The lowest BCUT2D eigenvalue weighted by Gasteiger charge is -2.05. The van der Waals surface area contributed by atoms with Gasteiger partial charge in [-0.1, -0.05) is 0 Å². The Morgan fingerprint density at radius 2 is 2.12 bits per heavy atom. The van der Waals surface area contributed by atoms with Crippen LogP contribution in [0.15, 0.2) is 12.3 Å². The Bertz CT molecular complexity index is 547. The number of methoxy groups -OCH3 is 2. The SMILES string of the molecule is COC(=O)c1cc(OC)cn2c(C)nnc12. The van der Waals surface area contributed by atoms with Crippen molar-refractivity contribution in [2.45, 2.75) is 6.92 Å². The lowest BCUT2D eigenvalue weighted by Crippen LogP contribution is -2.05. The minimum absolute atomic E-state index is 0.336. The number of hydrogen-bond donors (Lipinski definition) is 0. The zero-order valence-electron chi connectivity index (χ0n) is 9.22. The molecule has 0 aliphatic carbocycles. The van der Waals surface area contributed by atoms with Gasteiger partial charge in [0.05, 0.1) is 20.4 Å². The Kier molecular flexibility index (Phi) is 2.47. The van der Waals surface area contributed by atoms with E-state index in [1.807, 2.05) is 0 Å². The fourth-order valence-corrected chi connectivity index (χ4v) is 1.45. The summed E-state index contributed by atoms with van der Waals surface area (Å²) < 4.78 is 11.5. The van der Waals surface area contributed by atoms with E-state index in [0.29, 0.717) is 22.8 Å². The van der Waals surface area contributed by atoms with E-state index in [1.165, 1.54) is 14.2 Å². The van der Waals surface area contributed by atoms with Crippen LogP contribution in [0.2, 0.25) is 0 Å². The Morgan fingerprint density at radius 3 is 2.75 bits per heavy atom. The number of rotatable bonds is 2. The molecule has 0 aliphatic heterocycles. The van der Waals surface area contributed by atoms with Gasteiger partial charge in [0, 0.05) is 6.07 Å². The van der Waals surface area contributed by atoms with Crippen LogP contribution in [-0.4, -0.2) is 34.8 Å². The maximum absolute atomic E-state index is 11.5. The van der Waals surface area contributed by atoms with Crippen molar-refractivity contribution in [1.29, 1.82) is 0 Å². The number of fused-ring (bicyclic) bond motifs is 1. The minimum atomic E-state index is -0.462. The molecule has 2 aromatic rings. The third-order valence-electron chi connectivity index (χ3n) is 2.29. The number of carbonyl (C=O) groups is 1. The van der Waals surface area contributed by atoms with E-state index in [9.17, 15) is 4.79 Å². The third kappa shape index (κ3) is 1.48. The summed E-state index contributed by atoms with van der Waals surface area (Å²) in [6.07, 6.45) is 1.72. The quantitative estimate of drug-likeness (QED) is 0.703. The van der Waals surface area contributed by atoms with Crippen molar-refractivity contribution >= 4 is 11.6 Å². The van der Waals surface area contributed by atoms with Gasteiger partial charge in [0.1, 0.15) is 17.1 Å². The molecular formula is C10H11N3O3. The van der Waals surface area contributed by atoms with E-state index >= 15 is 0 Å². The second-order valence-corrected chi connectivity index (χ2v) is 3.23. The number of nitrogens with zero attached hydrogens (tertiary/aromatic N) is 3. The summed E-state index contributed by atoms with van der Waals surface area (Å²) in [5.41, 5.74) is 0.799. The monoisotopic (exact) mass is 221 g/mol. The molecule has 0 saturated carbocycles. The molecular weight excluding hydrogens is 210 g/mol. The van der Waals surface area contributed by atoms with Crippen molar-refractivity contribution in [3.8, 4) is 5.75 Å². The van der Waals surface area contributed by atoms with Gasteiger partial charge < -0.3 is 9.47 Å². The number of ether oxygens (including phenoxy) is 2. The fourth-order valence-electron chi connectivity index (χ4n) is 1.45.